The number of carbonyl (C=O) groups excluding carboxylic acids is 1. The second-order valence-electron chi connectivity index (χ2n) is 11.8. The topological polar surface area (TPSA) is 225 Å². The molecule has 2 aliphatic rings. The molecular formula is C33H56O14. The number of esters is 1. The maximum absolute atomic E-state index is 12.7. The van der Waals surface area contributed by atoms with Gasteiger partial charge in [-0.15, -0.1) is 0 Å². The van der Waals surface area contributed by atoms with Crippen LogP contribution in [0.1, 0.15) is 84.5 Å². The van der Waals surface area contributed by atoms with Crippen molar-refractivity contribution in [3.8, 4) is 0 Å². The standard InChI is InChI=1S/C33H56O14/c1-3-5-6-7-8-9-10-11-12-13-14-15-16-17-18-19-25(35)47-33(42)29(39)24(46-31(32(33,40)41)43-20-4-2)22-44-30-28(38)27(37)26(36)23(21-34)45-30/h5-6,8-9,11-12,23-24,26-31,34,36-42H,3-4,7,10,13-22H2,1-2H3/b6-5-,9-8-,12-11-/t23-,24-,26+,27+,28+,29+,30+,31-,33-/m1/s1. The minimum Gasteiger partial charge on any atom is -0.424 e. The van der Waals surface area contributed by atoms with Gasteiger partial charge in [0.2, 0.25) is 6.29 Å². The monoisotopic (exact) mass is 676 g/mol. The van der Waals surface area contributed by atoms with Crippen molar-refractivity contribution in [3.05, 3.63) is 36.5 Å². The highest BCUT2D eigenvalue weighted by Gasteiger charge is 2.68. The number of allylic oxidation sites excluding steroid dienone is 6. The number of hydrogen-bond acceptors (Lipinski definition) is 14. The average molecular weight is 677 g/mol. The van der Waals surface area contributed by atoms with Crippen LogP contribution in [-0.4, -0.2) is 127 Å². The number of aliphatic hydroxyl groups is 8. The van der Waals surface area contributed by atoms with E-state index in [4.69, 9.17) is 23.7 Å². The lowest BCUT2D eigenvalue weighted by Crippen LogP contribution is -2.76. The predicted molar refractivity (Wildman–Crippen MR) is 168 cm³/mol. The van der Waals surface area contributed by atoms with E-state index in [9.17, 15) is 45.6 Å². The Kier molecular flexibility index (Phi) is 18.8. The minimum absolute atomic E-state index is 0.0578. The van der Waals surface area contributed by atoms with Gasteiger partial charge >= 0.3 is 5.97 Å². The molecule has 0 spiro atoms. The Morgan fingerprint density at radius 2 is 1.40 bits per heavy atom. The van der Waals surface area contributed by atoms with E-state index in [0.29, 0.717) is 19.3 Å². The molecule has 47 heavy (non-hydrogen) atoms. The van der Waals surface area contributed by atoms with Crippen molar-refractivity contribution in [1.29, 1.82) is 0 Å². The highest BCUT2D eigenvalue weighted by Crippen LogP contribution is 2.39. The molecule has 0 aliphatic carbocycles. The van der Waals surface area contributed by atoms with E-state index in [0.717, 1.165) is 44.9 Å². The number of unbranched alkanes of at least 4 members (excludes halogenated alkanes) is 5. The Labute approximate surface area is 276 Å². The van der Waals surface area contributed by atoms with Crippen molar-refractivity contribution in [1.82, 2.24) is 0 Å². The average Bonchev–Trinajstić information content (AvgIpc) is 3.04. The third-order valence-corrected chi connectivity index (χ3v) is 7.96. The van der Waals surface area contributed by atoms with Crippen LogP contribution >= 0.6 is 0 Å². The van der Waals surface area contributed by atoms with Crippen molar-refractivity contribution in [3.63, 3.8) is 0 Å². The van der Waals surface area contributed by atoms with Crippen LogP contribution in [0.2, 0.25) is 0 Å². The second-order valence-corrected chi connectivity index (χ2v) is 11.8. The van der Waals surface area contributed by atoms with Crippen LogP contribution in [0.15, 0.2) is 36.5 Å². The normalized spacial score (nSPS) is 32.9. The van der Waals surface area contributed by atoms with Crippen molar-refractivity contribution >= 4 is 5.97 Å². The van der Waals surface area contributed by atoms with Crippen LogP contribution in [0.25, 0.3) is 0 Å². The van der Waals surface area contributed by atoms with Crippen LogP contribution in [0.5, 0.6) is 0 Å². The summed E-state index contributed by atoms with van der Waals surface area (Å²) in [5, 5.41) is 83.5. The fraction of sp³-hybridized carbons (Fsp3) is 0.788. The maximum Gasteiger partial charge on any atom is 0.308 e. The van der Waals surface area contributed by atoms with Gasteiger partial charge in [0, 0.05) is 13.0 Å². The smallest absolute Gasteiger partial charge is 0.308 e. The molecule has 0 aromatic heterocycles. The van der Waals surface area contributed by atoms with Gasteiger partial charge in [0.05, 0.1) is 13.2 Å². The zero-order chi connectivity index (χ0) is 34.9. The van der Waals surface area contributed by atoms with Crippen molar-refractivity contribution < 1.29 is 69.3 Å². The second kappa shape index (κ2) is 21.3. The molecule has 0 saturated carbocycles. The summed E-state index contributed by atoms with van der Waals surface area (Å²) in [5.41, 5.74) is 0. The minimum atomic E-state index is -3.40. The summed E-state index contributed by atoms with van der Waals surface area (Å²) in [6.45, 7) is 2.37. The molecule has 2 rings (SSSR count). The molecule has 0 radical (unpaired) electrons. The predicted octanol–water partition coefficient (Wildman–Crippen LogP) is 0.817. The maximum atomic E-state index is 12.7. The Hall–Kier alpha value is -1.79. The summed E-state index contributed by atoms with van der Waals surface area (Å²) < 4.78 is 26.6. The Bertz CT molecular complexity index is 969. The molecule has 0 bridgehead atoms. The van der Waals surface area contributed by atoms with Gasteiger partial charge in [0.1, 0.15) is 30.5 Å². The van der Waals surface area contributed by atoms with E-state index >= 15 is 0 Å². The molecule has 2 fully saturated rings. The Morgan fingerprint density at radius 1 is 0.766 bits per heavy atom. The first-order valence-electron chi connectivity index (χ1n) is 16.7. The summed E-state index contributed by atoms with van der Waals surface area (Å²) in [6.07, 6.45) is 6.92. The molecule has 0 amide bonds. The van der Waals surface area contributed by atoms with Crippen molar-refractivity contribution in [2.45, 2.75) is 145 Å². The van der Waals surface area contributed by atoms with Crippen molar-refractivity contribution in [2.24, 2.45) is 0 Å². The summed E-state index contributed by atoms with van der Waals surface area (Å²) in [7, 11) is 0. The van der Waals surface area contributed by atoms with Gasteiger partial charge < -0.3 is 64.5 Å². The van der Waals surface area contributed by atoms with Crippen LogP contribution in [0.3, 0.4) is 0 Å². The lowest BCUT2D eigenvalue weighted by atomic mass is 9.91. The quantitative estimate of drug-likeness (QED) is 0.0365. The lowest BCUT2D eigenvalue weighted by molar-refractivity contribution is -0.483. The highest BCUT2D eigenvalue weighted by molar-refractivity contribution is 5.70. The number of carbonyl (C=O) groups is 1. The van der Waals surface area contributed by atoms with Crippen LogP contribution in [0, 0.1) is 0 Å². The van der Waals surface area contributed by atoms with Gasteiger partial charge in [-0.1, -0.05) is 69.6 Å². The number of ether oxygens (including phenoxy) is 5. The van der Waals surface area contributed by atoms with E-state index in [-0.39, 0.29) is 13.0 Å². The van der Waals surface area contributed by atoms with Gasteiger partial charge in [-0.3, -0.25) is 4.79 Å². The van der Waals surface area contributed by atoms with Crippen LogP contribution in [0.4, 0.5) is 0 Å². The summed E-state index contributed by atoms with van der Waals surface area (Å²) >= 11 is 0. The van der Waals surface area contributed by atoms with Gasteiger partial charge in [-0.2, -0.15) is 0 Å². The molecule has 0 aromatic rings. The molecule has 2 heterocycles. The van der Waals surface area contributed by atoms with Crippen LogP contribution in [-0.2, 0) is 28.5 Å². The molecule has 2 saturated heterocycles. The summed E-state index contributed by atoms with van der Waals surface area (Å²) in [4.78, 5) is 12.7. The van der Waals surface area contributed by atoms with E-state index in [1.54, 1.807) is 6.92 Å². The van der Waals surface area contributed by atoms with Crippen LogP contribution < -0.4 is 0 Å². The number of hydrogen-bond donors (Lipinski definition) is 8. The number of aliphatic hydroxyl groups excluding tert-OH is 5. The molecule has 9 atom stereocenters. The van der Waals surface area contributed by atoms with Gasteiger partial charge in [0.15, 0.2) is 12.4 Å². The fourth-order valence-electron chi connectivity index (χ4n) is 5.12. The fourth-order valence-corrected chi connectivity index (χ4v) is 5.12. The number of rotatable bonds is 21. The molecule has 8 N–H and O–H groups in total. The first kappa shape index (κ1) is 41.4. The highest BCUT2D eigenvalue weighted by atomic mass is 16.8. The van der Waals surface area contributed by atoms with Gasteiger partial charge in [-0.25, -0.2) is 0 Å². The van der Waals surface area contributed by atoms with Gasteiger partial charge in [0.25, 0.3) is 11.6 Å². The molecule has 14 nitrogen and oxygen atoms in total. The summed E-state index contributed by atoms with van der Waals surface area (Å²) in [6, 6.07) is 0. The molecule has 0 unspecified atom stereocenters. The molecule has 2 aliphatic heterocycles. The lowest BCUT2D eigenvalue weighted by Gasteiger charge is -2.50. The van der Waals surface area contributed by atoms with E-state index < -0.39 is 80.0 Å². The van der Waals surface area contributed by atoms with E-state index in [1.165, 1.54) is 0 Å². The zero-order valence-corrected chi connectivity index (χ0v) is 27.5. The SMILES string of the molecule is CC/C=C\C/C=C\C/C=C\CCCCCCCC(=O)O[C@]1(O)[C@@H](O)[C@@H](CO[C@H]2O[C@H](CO)[C@H](O)[C@H](O)[C@@H]2O)O[C@@H](OCCC)C1(O)O. The van der Waals surface area contributed by atoms with E-state index in [1.807, 2.05) is 0 Å². The third-order valence-electron chi connectivity index (χ3n) is 7.96. The Balaban J connectivity index is 1.87. The van der Waals surface area contributed by atoms with Crippen molar-refractivity contribution in [2.75, 3.05) is 19.8 Å². The molecule has 14 heteroatoms. The first-order chi connectivity index (χ1) is 22.4. The Morgan fingerprint density at radius 3 is 2.06 bits per heavy atom. The molecule has 0 aromatic carbocycles. The zero-order valence-electron chi connectivity index (χ0n) is 27.5. The summed E-state index contributed by atoms with van der Waals surface area (Å²) in [5.74, 6) is -7.70. The first-order valence-corrected chi connectivity index (χ1v) is 16.7. The van der Waals surface area contributed by atoms with Gasteiger partial charge in [-0.05, 0) is 44.9 Å². The molecular weight excluding hydrogens is 620 g/mol. The molecule has 272 valence electrons. The largest absolute Gasteiger partial charge is 0.424 e. The third kappa shape index (κ3) is 12.2. The van der Waals surface area contributed by atoms with E-state index in [2.05, 4.69) is 43.4 Å².